The molecule has 0 fully saturated rings. The molecule has 0 aliphatic carbocycles. The predicted molar refractivity (Wildman–Crippen MR) is 62.7 cm³/mol. The summed E-state index contributed by atoms with van der Waals surface area (Å²) in [7, 11) is 1.61. The molecule has 92 valence electrons. The van der Waals surface area contributed by atoms with Gasteiger partial charge in [-0.2, -0.15) is 0 Å². The number of carbonyl (C=O) groups excluding carboxylic acids is 1. The molecule has 0 bridgehead atoms. The molecule has 0 aromatic carbocycles. The molecule has 7 nitrogen and oxygen atoms in total. The summed E-state index contributed by atoms with van der Waals surface area (Å²) in [5.74, 6) is -0.181. The van der Waals surface area contributed by atoms with Crippen molar-refractivity contribution in [2.24, 2.45) is 5.11 Å². The Kier molecular flexibility index (Phi) is 5.63. The molecule has 0 saturated heterocycles. The summed E-state index contributed by atoms with van der Waals surface area (Å²) in [6.07, 6.45) is 1.82. The minimum absolute atomic E-state index is 0.181. The van der Waals surface area contributed by atoms with Gasteiger partial charge in [0, 0.05) is 37.9 Å². The fourth-order valence-electron chi connectivity index (χ4n) is 1.36. The van der Waals surface area contributed by atoms with Gasteiger partial charge >= 0.3 is 0 Å². The van der Waals surface area contributed by atoms with E-state index in [0.717, 1.165) is 0 Å². The molecule has 7 heteroatoms. The maximum Gasteiger partial charge on any atom is 0.267 e. The number of nitrogens with one attached hydrogen (secondary N) is 1. The van der Waals surface area contributed by atoms with E-state index in [4.69, 9.17) is 10.3 Å². The Morgan fingerprint density at radius 1 is 1.71 bits per heavy atom. The van der Waals surface area contributed by atoms with Crippen LogP contribution in [0.1, 0.15) is 10.5 Å². The molecule has 0 spiro atoms. The molecule has 1 rings (SSSR count). The summed E-state index contributed by atoms with van der Waals surface area (Å²) in [4.78, 5) is 14.4. The third-order valence-corrected chi connectivity index (χ3v) is 2.16. The lowest BCUT2D eigenvalue weighted by Gasteiger charge is -2.08. The monoisotopic (exact) mass is 237 g/mol. The first-order chi connectivity index (χ1) is 8.29. The number of ether oxygens (including phenoxy) is 1. The molecular formula is C10H15N5O2. The van der Waals surface area contributed by atoms with Crippen molar-refractivity contribution in [3.05, 3.63) is 34.5 Å². The Labute approximate surface area is 99.0 Å². The summed E-state index contributed by atoms with van der Waals surface area (Å²) in [6.45, 7) is 1.76. The normalized spacial score (nSPS) is 9.71. The summed E-state index contributed by atoms with van der Waals surface area (Å²) in [6, 6.07) is 3.54. The second kappa shape index (κ2) is 7.32. The smallest absolute Gasteiger partial charge is 0.267 e. The lowest BCUT2D eigenvalue weighted by molar-refractivity contribution is 0.0943. The summed E-state index contributed by atoms with van der Waals surface area (Å²) < 4.78 is 6.77. The molecule has 1 N–H and O–H groups in total. The zero-order valence-corrected chi connectivity index (χ0v) is 9.67. The second-order valence-corrected chi connectivity index (χ2v) is 3.29. The number of carbonyl (C=O) groups is 1. The first kappa shape index (κ1) is 13.1. The largest absolute Gasteiger partial charge is 0.383 e. The van der Waals surface area contributed by atoms with Gasteiger partial charge in [0.25, 0.3) is 5.91 Å². The van der Waals surface area contributed by atoms with Crippen molar-refractivity contribution in [3.63, 3.8) is 0 Å². The van der Waals surface area contributed by atoms with Crippen molar-refractivity contribution in [1.82, 2.24) is 9.88 Å². The lowest BCUT2D eigenvalue weighted by atomic mass is 10.4. The second-order valence-electron chi connectivity index (χ2n) is 3.29. The average molecular weight is 237 g/mol. The van der Waals surface area contributed by atoms with Gasteiger partial charge in [-0.3, -0.25) is 4.79 Å². The molecule has 1 aromatic heterocycles. The van der Waals surface area contributed by atoms with Crippen molar-refractivity contribution in [3.8, 4) is 0 Å². The van der Waals surface area contributed by atoms with Crippen LogP contribution in [0.4, 0.5) is 0 Å². The van der Waals surface area contributed by atoms with Crippen LogP contribution < -0.4 is 5.32 Å². The highest BCUT2D eigenvalue weighted by Gasteiger charge is 2.09. The quantitative estimate of drug-likeness (QED) is 0.333. The third-order valence-electron chi connectivity index (χ3n) is 2.16. The van der Waals surface area contributed by atoms with E-state index < -0.39 is 0 Å². The molecule has 0 unspecified atom stereocenters. The van der Waals surface area contributed by atoms with E-state index >= 15 is 0 Å². The Morgan fingerprint density at radius 2 is 2.53 bits per heavy atom. The van der Waals surface area contributed by atoms with Crippen LogP contribution in [0.2, 0.25) is 0 Å². The molecule has 0 radical (unpaired) electrons. The highest BCUT2D eigenvalue weighted by atomic mass is 16.5. The van der Waals surface area contributed by atoms with E-state index in [2.05, 4.69) is 15.3 Å². The number of hydrogen-bond donors (Lipinski definition) is 1. The van der Waals surface area contributed by atoms with Gasteiger partial charge in [-0.15, -0.1) is 0 Å². The molecule has 0 atom stereocenters. The van der Waals surface area contributed by atoms with Crippen LogP contribution in [0.25, 0.3) is 10.4 Å². The van der Waals surface area contributed by atoms with Crippen molar-refractivity contribution in [1.29, 1.82) is 0 Å². The van der Waals surface area contributed by atoms with E-state index in [1.807, 2.05) is 10.8 Å². The number of amides is 1. The number of hydrogen-bond acceptors (Lipinski definition) is 3. The topological polar surface area (TPSA) is 92.0 Å². The van der Waals surface area contributed by atoms with Crippen LogP contribution in [0.15, 0.2) is 23.4 Å². The van der Waals surface area contributed by atoms with Crippen molar-refractivity contribution < 1.29 is 9.53 Å². The maximum absolute atomic E-state index is 11.7. The van der Waals surface area contributed by atoms with Gasteiger partial charge in [0.05, 0.1) is 6.61 Å². The minimum atomic E-state index is -0.181. The third kappa shape index (κ3) is 4.18. The van der Waals surface area contributed by atoms with E-state index in [-0.39, 0.29) is 12.5 Å². The van der Waals surface area contributed by atoms with Crippen LogP contribution in [0.3, 0.4) is 0 Å². The molecule has 0 aliphatic rings. The zero-order valence-electron chi connectivity index (χ0n) is 9.67. The van der Waals surface area contributed by atoms with Crippen molar-refractivity contribution in [2.45, 2.75) is 6.54 Å². The first-order valence-corrected chi connectivity index (χ1v) is 5.22. The van der Waals surface area contributed by atoms with Crippen LogP contribution in [0.5, 0.6) is 0 Å². The summed E-state index contributed by atoms with van der Waals surface area (Å²) >= 11 is 0. The minimum Gasteiger partial charge on any atom is -0.383 e. The standard InChI is InChI=1S/C10H15N5O2/c1-17-8-7-15-6-2-3-9(15)10(16)12-4-5-13-14-11/h2-3,6H,4-5,7-8H2,1H3,(H,12,16). The van der Waals surface area contributed by atoms with Gasteiger partial charge in [0.15, 0.2) is 0 Å². The van der Waals surface area contributed by atoms with Gasteiger partial charge in [-0.25, -0.2) is 0 Å². The van der Waals surface area contributed by atoms with Gasteiger partial charge in [0.1, 0.15) is 5.69 Å². The molecular weight excluding hydrogens is 222 g/mol. The molecule has 1 amide bonds. The molecule has 1 aromatic rings. The van der Waals surface area contributed by atoms with Crippen molar-refractivity contribution in [2.75, 3.05) is 26.8 Å². The fourth-order valence-corrected chi connectivity index (χ4v) is 1.36. The first-order valence-electron chi connectivity index (χ1n) is 5.22. The summed E-state index contributed by atoms with van der Waals surface area (Å²) in [5, 5.41) is 6.01. The Hall–Kier alpha value is -1.98. The number of methoxy groups -OCH3 is 1. The van der Waals surface area contributed by atoms with Gasteiger partial charge < -0.3 is 14.6 Å². The van der Waals surface area contributed by atoms with E-state index in [1.165, 1.54) is 0 Å². The molecule has 17 heavy (non-hydrogen) atoms. The van der Waals surface area contributed by atoms with Gasteiger partial charge in [0.2, 0.25) is 0 Å². The number of rotatable bonds is 7. The number of azide groups is 1. The molecule has 0 aliphatic heterocycles. The Balaban J connectivity index is 2.50. The predicted octanol–water partition coefficient (Wildman–Crippen LogP) is 1.17. The fraction of sp³-hybridized carbons (Fsp3) is 0.500. The zero-order chi connectivity index (χ0) is 12.5. The van der Waals surface area contributed by atoms with Crippen LogP contribution in [-0.4, -0.2) is 37.3 Å². The summed E-state index contributed by atoms with van der Waals surface area (Å²) in [5.41, 5.74) is 8.66. The highest BCUT2D eigenvalue weighted by Crippen LogP contribution is 2.02. The highest BCUT2D eigenvalue weighted by molar-refractivity contribution is 5.92. The number of nitrogens with zero attached hydrogens (tertiary/aromatic N) is 4. The van der Waals surface area contributed by atoms with Crippen LogP contribution in [0, 0.1) is 0 Å². The molecule has 0 saturated carbocycles. The SMILES string of the molecule is COCCn1cccc1C(=O)NCCN=[N+]=[N-]. The van der Waals surface area contributed by atoms with Crippen LogP contribution in [-0.2, 0) is 11.3 Å². The van der Waals surface area contributed by atoms with E-state index in [0.29, 0.717) is 25.4 Å². The van der Waals surface area contributed by atoms with E-state index in [1.54, 1.807) is 19.2 Å². The van der Waals surface area contributed by atoms with Gasteiger partial charge in [-0.1, -0.05) is 5.11 Å². The van der Waals surface area contributed by atoms with Gasteiger partial charge in [-0.05, 0) is 17.7 Å². The van der Waals surface area contributed by atoms with Crippen molar-refractivity contribution >= 4 is 5.91 Å². The van der Waals surface area contributed by atoms with E-state index in [9.17, 15) is 4.79 Å². The number of aromatic nitrogens is 1. The Bertz CT molecular complexity index is 409. The maximum atomic E-state index is 11.7. The van der Waals surface area contributed by atoms with Crippen LogP contribution >= 0.6 is 0 Å². The average Bonchev–Trinajstić information content (AvgIpc) is 2.80. The Morgan fingerprint density at radius 3 is 3.24 bits per heavy atom. The lowest BCUT2D eigenvalue weighted by Crippen LogP contribution is -2.28. The molecule has 1 heterocycles.